The maximum absolute atomic E-state index is 11.9. The zero-order valence-corrected chi connectivity index (χ0v) is 13.2. The summed E-state index contributed by atoms with van der Waals surface area (Å²) in [5.41, 5.74) is 8.46. The zero-order valence-electron chi connectivity index (χ0n) is 10.8. The minimum Gasteiger partial charge on any atom is -0.457 e. The number of benzene rings is 2. The summed E-state index contributed by atoms with van der Waals surface area (Å²) >= 11 is 9.39. The van der Waals surface area contributed by atoms with Crippen LogP contribution in [0.15, 0.2) is 40.9 Å². The first-order chi connectivity index (χ1) is 9.47. The zero-order chi connectivity index (χ0) is 14.7. The van der Waals surface area contributed by atoms with Gasteiger partial charge in [0.1, 0.15) is 6.61 Å². The average molecular weight is 355 g/mol. The van der Waals surface area contributed by atoms with Crippen LogP contribution in [0.1, 0.15) is 21.5 Å². The monoisotopic (exact) mass is 353 g/mol. The minimum atomic E-state index is -0.421. The molecule has 0 bridgehead atoms. The first-order valence-corrected chi connectivity index (χ1v) is 7.11. The number of ether oxygens (including phenoxy) is 1. The quantitative estimate of drug-likeness (QED) is 0.658. The highest BCUT2D eigenvalue weighted by Crippen LogP contribution is 2.22. The van der Waals surface area contributed by atoms with E-state index in [4.69, 9.17) is 22.1 Å². The summed E-state index contributed by atoms with van der Waals surface area (Å²) < 4.78 is 6.11. The molecular weight excluding hydrogens is 342 g/mol. The summed E-state index contributed by atoms with van der Waals surface area (Å²) in [5, 5.41) is 0.551. The van der Waals surface area contributed by atoms with Crippen LogP contribution in [0.25, 0.3) is 0 Å². The van der Waals surface area contributed by atoms with E-state index in [-0.39, 0.29) is 6.61 Å². The number of anilines is 1. The molecule has 0 atom stereocenters. The number of esters is 1. The Morgan fingerprint density at radius 2 is 2.05 bits per heavy atom. The minimum absolute atomic E-state index is 0.124. The van der Waals surface area contributed by atoms with E-state index >= 15 is 0 Å². The van der Waals surface area contributed by atoms with Crippen LogP contribution in [-0.4, -0.2) is 5.97 Å². The second kappa shape index (κ2) is 6.29. The van der Waals surface area contributed by atoms with Gasteiger partial charge in [0.05, 0.1) is 5.56 Å². The molecular formula is C15H13BrClNO2. The van der Waals surface area contributed by atoms with Crippen molar-refractivity contribution < 1.29 is 9.53 Å². The maximum Gasteiger partial charge on any atom is 0.338 e. The fourth-order valence-electron chi connectivity index (χ4n) is 1.63. The molecule has 2 aromatic carbocycles. The second-order valence-electron chi connectivity index (χ2n) is 4.38. The van der Waals surface area contributed by atoms with Crippen LogP contribution in [0.3, 0.4) is 0 Å². The fourth-order valence-corrected chi connectivity index (χ4v) is 2.36. The SMILES string of the molecule is Cc1ccc(C(=O)OCc2ccc(Br)cc2Cl)cc1N. The van der Waals surface area contributed by atoms with Crippen molar-refractivity contribution in [3.05, 3.63) is 62.6 Å². The van der Waals surface area contributed by atoms with Crippen molar-refractivity contribution in [3.63, 3.8) is 0 Å². The van der Waals surface area contributed by atoms with E-state index in [9.17, 15) is 4.79 Å². The molecule has 0 fully saturated rings. The highest BCUT2D eigenvalue weighted by atomic mass is 79.9. The molecule has 0 aliphatic rings. The molecule has 0 aromatic heterocycles. The van der Waals surface area contributed by atoms with Gasteiger partial charge < -0.3 is 10.5 Å². The molecule has 2 rings (SSSR count). The van der Waals surface area contributed by atoms with Gasteiger partial charge >= 0.3 is 5.97 Å². The molecule has 0 aliphatic heterocycles. The molecule has 0 unspecified atom stereocenters. The molecule has 5 heteroatoms. The summed E-state index contributed by atoms with van der Waals surface area (Å²) in [7, 11) is 0. The van der Waals surface area contributed by atoms with E-state index in [1.54, 1.807) is 24.3 Å². The lowest BCUT2D eigenvalue weighted by Gasteiger charge is -2.08. The molecule has 2 aromatic rings. The van der Waals surface area contributed by atoms with E-state index < -0.39 is 5.97 Å². The largest absolute Gasteiger partial charge is 0.457 e. The molecule has 2 N–H and O–H groups in total. The topological polar surface area (TPSA) is 52.3 Å². The highest BCUT2D eigenvalue weighted by molar-refractivity contribution is 9.10. The summed E-state index contributed by atoms with van der Waals surface area (Å²) in [4.78, 5) is 11.9. The number of hydrogen-bond acceptors (Lipinski definition) is 3. The second-order valence-corrected chi connectivity index (χ2v) is 5.71. The molecule has 104 valence electrons. The van der Waals surface area contributed by atoms with Gasteiger partial charge in [-0.2, -0.15) is 0 Å². The van der Waals surface area contributed by atoms with Crippen molar-refractivity contribution in [2.75, 3.05) is 5.73 Å². The lowest BCUT2D eigenvalue weighted by atomic mass is 10.1. The number of aryl methyl sites for hydroxylation is 1. The van der Waals surface area contributed by atoms with Crippen LogP contribution in [0.4, 0.5) is 5.69 Å². The summed E-state index contributed by atoms with van der Waals surface area (Å²) in [6, 6.07) is 10.5. The standard InChI is InChI=1S/C15H13BrClNO2/c1-9-2-3-10(6-14(9)18)15(19)20-8-11-4-5-12(16)7-13(11)17/h2-7H,8,18H2,1H3. The molecule has 3 nitrogen and oxygen atoms in total. The van der Waals surface area contributed by atoms with Gasteiger partial charge in [-0.15, -0.1) is 0 Å². The van der Waals surface area contributed by atoms with E-state index in [1.807, 2.05) is 19.1 Å². The number of halogens is 2. The van der Waals surface area contributed by atoms with Crippen LogP contribution in [0, 0.1) is 6.92 Å². The van der Waals surface area contributed by atoms with Gasteiger partial charge in [-0.1, -0.05) is 39.7 Å². The van der Waals surface area contributed by atoms with Crippen molar-refractivity contribution in [1.29, 1.82) is 0 Å². The van der Waals surface area contributed by atoms with Gasteiger partial charge in [0, 0.05) is 20.7 Å². The molecule has 0 heterocycles. The van der Waals surface area contributed by atoms with Gasteiger partial charge in [0.25, 0.3) is 0 Å². The van der Waals surface area contributed by atoms with Crippen LogP contribution >= 0.6 is 27.5 Å². The van der Waals surface area contributed by atoms with Gasteiger partial charge in [0.15, 0.2) is 0 Å². The smallest absolute Gasteiger partial charge is 0.338 e. The number of hydrogen-bond donors (Lipinski definition) is 1. The van der Waals surface area contributed by atoms with E-state index in [0.29, 0.717) is 16.3 Å². The Hall–Kier alpha value is -1.52. The Bertz CT molecular complexity index is 658. The highest BCUT2D eigenvalue weighted by Gasteiger charge is 2.10. The van der Waals surface area contributed by atoms with Crippen LogP contribution in [0.2, 0.25) is 5.02 Å². The average Bonchev–Trinajstić information content (AvgIpc) is 2.40. The molecule has 0 saturated heterocycles. The molecule has 0 amide bonds. The van der Waals surface area contributed by atoms with Crippen LogP contribution in [0.5, 0.6) is 0 Å². The lowest BCUT2D eigenvalue weighted by Crippen LogP contribution is -2.06. The lowest BCUT2D eigenvalue weighted by molar-refractivity contribution is 0.0473. The normalized spacial score (nSPS) is 10.3. The number of nitrogens with two attached hydrogens (primary N) is 1. The van der Waals surface area contributed by atoms with Crippen LogP contribution in [-0.2, 0) is 11.3 Å². The van der Waals surface area contributed by atoms with Gasteiger partial charge in [0.2, 0.25) is 0 Å². The Kier molecular flexibility index (Phi) is 4.68. The van der Waals surface area contributed by atoms with E-state index in [1.165, 1.54) is 0 Å². The molecule has 20 heavy (non-hydrogen) atoms. The van der Waals surface area contributed by atoms with E-state index in [0.717, 1.165) is 15.6 Å². The first kappa shape index (κ1) is 14.9. The van der Waals surface area contributed by atoms with Crippen molar-refractivity contribution in [3.8, 4) is 0 Å². The molecule has 0 spiro atoms. The van der Waals surface area contributed by atoms with Crippen LogP contribution < -0.4 is 5.73 Å². The third-order valence-electron chi connectivity index (χ3n) is 2.89. The number of nitrogen functional groups attached to an aromatic ring is 1. The predicted octanol–water partition coefficient (Wildman–Crippen LogP) is 4.35. The number of carbonyl (C=O) groups is 1. The van der Waals surface area contributed by atoms with Gasteiger partial charge in [-0.3, -0.25) is 0 Å². The Morgan fingerprint density at radius 3 is 2.70 bits per heavy atom. The third kappa shape index (κ3) is 3.52. The number of carbonyl (C=O) groups excluding carboxylic acids is 1. The van der Waals surface area contributed by atoms with Crippen molar-refractivity contribution >= 4 is 39.2 Å². The molecule has 0 aliphatic carbocycles. The summed E-state index contributed by atoms with van der Waals surface area (Å²) in [5.74, 6) is -0.421. The number of rotatable bonds is 3. The molecule has 0 saturated carbocycles. The van der Waals surface area contributed by atoms with E-state index in [2.05, 4.69) is 15.9 Å². The van der Waals surface area contributed by atoms with Gasteiger partial charge in [-0.25, -0.2) is 4.79 Å². The third-order valence-corrected chi connectivity index (χ3v) is 3.73. The van der Waals surface area contributed by atoms with Crippen molar-refractivity contribution in [1.82, 2.24) is 0 Å². The summed E-state index contributed by atoms with van der Waals surface area (Å²) in [6.45, 7) is 2.00. The van der Waals surface area contributed by atoms with Crippen molar-refractivity contribution in [2.24, 2.45) is 0 Å². The summed E-state index contributed by atoms with van der Waals surface area (Å²) in [6.07, 6.45) is 0. The fraction of sp³-hybridized carbons (Fsp3) is 0.133. The van der Waals surface area contributed by atoms with Gasteiger partial charge in [-0.05, 0) is 36.8 Å². The maximum atomic E-state index is 11.9. The van der Waals surface area contributed by atoms with Crippen molar-refractivity contribution in [2.45, 2.75) is 13.5 Å². The first-order valence-electron chi connectivity index (χ1n) is 5.94. The Balaban J connectivity index is 2.06. The predicted molar refractivity (Wildman–Crippen MR) is 83.9 cm³/mol. The Labute approximate surface area is 130 Å². The molecule has 0 radical (unpaired) electrons. The Morgan fingerprint density at radius 1 is 1.30 bits per heavy atom.